The maximum atomic E-state index is 11.4. The third kappa shape index (κ3) is 3.78. The van der Waals surface area contributed by atoms with Crippen LogP contribution in [0, 0.1) is 5.41 Å². The molecule has 1 aliphatic heterocycles. The van der Waals surface area contributed by atoms with Crippen LogP contribution in [0.3, 0.4) is 0 Å². The van der Waals surface area contributed by atoms with Crippen LogP contribution < -0.4 is 0 Å². The van der Waals surface area contributed by atoms with Gasteiger partial charge in [0.2, 0.25) is 0 Å². The Morgan fingerprint density at radius 2 is 2.16 bits per heavy atom. The molecule has 0 aromatic heterocycles. The number of hydrogen-bond acceptors (Lipinski definition) is 4. The van der Waals surface area contributed by atoms with Gasteiger partial charge in [0.05, 0.1) is 26.9 Å². The largest absolute Gasteiger partial charge is 0.467 e. The van der Waals surface area contributed by atoms with Crippen LogP contribution in [0.25, 0.3) is 0 Å². The molecule has 0 amide bonds. The highest BCUT2D eigenvalue weighted by Gasteiger charge is 2.40. The molecule has 1 aromatic carbocycles. The number of rotatable bonds is 5. The van der Waals surface area contributed by atoms with Crippen LogP contribution in [-0.4, -0.2) is 32.4 Å². The summed E-state index contributed by atoms with van der Waals surface area (Å²) in [5, 5.41) is 0. The van der Waals surface area contributed by atoms with E-state index in [1.54, 1.807) is 0 Å². The number of hydrogen-bond donors (Lipinski definition) is 0. The van der Waals surface area contributed by atoms with Crippen molar-refractivity contribution in [3.05, 3.63) is 35.9 Å². The molecule has 1 heterocycles. The van der Waals surface area contributed by atoms with Crippen molar-refractivity contribution in [2.45, 2.75) is 26.1 Å². The third-order valence-electron chi connectivity index (χ3n) is 3.34. The van der Waals surface area contributed by atoms with Crippen molar-refractivity contribution in [2.24, 2.45) is 5.41 Å². The van der Waals surface area contributed by atoms with Gasteiger partial charge in [-0.15, -0.1) is 0 Å². The first kappa shape index (κ1) is 14.0. The highest BCUT2D eigenvalue weighted by Crippen LogP contribution is 2.33. The second-order valence-corrected chi connectivity index (χ2v) is 5.32. The summed E-state index contributed by atoms with van der Waals surface area (Å²) in [6, 6.07) is 10.0. The predicted octanol–water partition coefficient (Wildman–Crippen LogP) is 2.17. The maximum absolute atomic E-state index is 11.4. The van der Waals surface area contributed by atoms with Gasteiger partial charge in [-0.1, -0.05) is 37.3 Å². The van der Waals surface area contributed by atoms with E-state index in [-0.39, 0.29) is 11.4 Å². The minimum Gasteiger partial charge on any atom is -0.467 e. The van der Waals surface area contributed by atoms with Crippen molar-refractivity contribution in [3.63, 3.8) is 0 Å². The molecule has 4 heteroatoms. The fraction of sp³-hybridized carbons (Fsp3) is 0.533. The highest BCUT2D eigenvalue weighted by atomic mass is 16.6. The molecular weight excluding hydrogens is 244 g/mol. The first-order valence-corrected chi connectivity index (χ1v) is 6.44. The van der Waals surface area contributed by atoms with E-state index in [1.807, 2.05) is 30.3 Å². The maximum Gasteiger partial charge on any atom is 0.334 e. The van der Waals surface area contributed by atoms with E-state index in [2.05, 4.69) is 6.92 Å². The van der Waals surface area contributed by atoms with E-state index in [4.69, 9.17) is 14.2 Å². The van der Waals surface area contributed by atoms with Gasteiger partial charge in [0.25, 0.3) is 0 Å². The van der Waals surface area contributed by atoms with Gasteiger partial charge in [-0.3, -0.25) is 0 Å². The van der Waals surface area contributed by atoms with Gasteiger partial charge in [0, 0.05) is 5.41 Å². The molecule has 4 nitrogen and oxygen atoms in total. The molecule has 2 rings (SSSR count). The Morgan fingerprint density at radius 1 is 1.42 bits per heavy atom. The zero-order valence-corrected chi connectivity index (χ0v) is 11.4. The highest BCUT2D eigenvalue weighted by molar-refractivity contribution is 5.74. The summed E-state index contributed by atoms with van der Waals surface area (Å²) in [5.41, 5.74) is 1.03. The zero-order chi connectivity index (χ0) is 13.7. The topological polar surface area (TPSA) is 44.8 Å². The molecule has 2 atom stereocenters. The normalized spacial score (nSPS) is 26.3. The second kappa shape index (κ2) is 6.17. The number of methoxy groups -OCH3 is 1. The van der Waals surface area contributed by atoms with Crippen molar-refractivity contribution in [3.8, 4) is 0 Å². The number of carbonyl (C=O) groups is 1. The molecule has 2 unspecified atom stereocenters. The summed E-state index contributed by atoms with van der Waals surface area (Å²) in [5.74, 6) is -0.299. The van der Waals surface area contributed by atoms with Crippen LogP contribution in [0.1, 0.15) is 18.9 Å². The van der Waals surface area contributed by atoms with Gasteiger partial charge in [-0.25, -0.2) is 4.79 Å². The van der Waals surface area contributed by atoms with E-state index in [0.717, 1.165) is 5.56 Å². The van der Waals surface area contributed by atoms with Crippen molar-refractivity contribution >= 4 is 5.97 Å². The Hall–Kier alpha value is -1.39. The number of carbonyl (C=O) groups excluding carboxylic acids is 1. The van der Waals surface area contributed by atoms with Gasteiger partial charge >= 0.3 is 5.97 Å². The van der Waals surface area contributed by atoms with Gasteiger partial charge in [-0.05, 0) is 12.0 Å². The van der Waals surface area contributed by atoms with E-state index in [1.165, 1.54) is 7.11 Å². The van der Waals surface area contributed by atoms with Crippen molar-refractivity contribution in [1.82, 2.24) is 0 Å². The van der Waals surface area contributed by atoms with Crippen LogP contribution in [0.4, 0.5) is 0 Å². The third-order valence-corrected chi connectivity index (χ3v) is 3.34. The van der Waals surface area contributed by atoms with Gasteiger partial charge in [-0.2, -0.15) is 0 Å². The summed E-state index contributed by atoms with van der Waals surface area (Å²) < 4.78 is 15.9. The molecule has 0 N–H and O–H groups in total. The first-order chi connectivity index (χ1) is 9.13. The molecule has 0 radical (unpaired) electrons. The summed E-state index contributed by atoms with van der Waals surface area (Å²) in [6.07, 6.45) is 0.199. The minimum atomic E-state index is -0.449. The number of benzene rings is 1. The quantitative estimate of drug-likeness (QED) is 0.765. The Balaban J connectivity index is 1.78. The zero-order valence-electron chi connectivity index (χ0n) is 11.4. The average Bonchev–Trinajstić information content (AvgIpc) is 2.82. The lowest BCUT2D eigenvalue weighted by atomic mass is 9.89. The number of ether oxygens (including phenoxy) is 3. The average molecular weight is 264 g/mol. The molecule has 0 spiro atoms. The Bertz CT molecular complexity index is 417. The van der Waals surface area contributed by atoms with Crippen LogP contribution >= 0.6 is 0 Å². The molecule has 0 saturated carbocycles. The predicted molar refractivity (Wildman–Crippen MR) is 70.6 cm³/mol. The van der Waals surface area contributed by atoms with E-state index in [9.17, 15) is 4.79 Å². The lowest BCUT2D eigenvalue weighted by Crippen LogP contribution is -2.26. The molecule has 1 saturated heterocycles. The van der Waals surface area contributed by atoms with Crippen molar-refractivity contribution in [2.75, 3.05) is 20.3 Å². The van der Waals surface area contributed by atoms with Crippen molar-refractivity contribution < 1.29 is 19.0 Å². The fourth-order valence-electron chi connectivity index (χ4n) is 2.24. The summed E-state index contributed by atoms with van der Waals surface area (Å²) in [4.78, 5) is 11.4. The molecule has 1 fully saturated rings. The molecule has 1 aliphatic rings. The molecule has 1 aromatic rings. The van der Waals surface area contributed by atoms with E-state index >= 15 is 0 Å². The summed E-state index contributed by atoms with van der Waals surface area (Å²) >= 11 is 0. The van der Waals surface area contributed by atoms with Gasteiger partial charge in [0.15, 0.2) is 6.10 Å². The summed E-state index contributed by atoms with van der Waals surface area (Å²) in [7, 11) is 1.38. The first-order valence-electron chi connectivity index (χ1n) is 6.44. The molecule has 104 valence electrons. The Kier molecular flexibility index (Phi) is 4.56. The van der Waals surface area contributed by atoms with E-state index in [0.29, 0.717) is 26.2 Å². The van der Waals surface area contributed by atoms with Gasteiger partial charge in [0.1, 0.15) is 0 Å². The van der Waals surface area contributed by atoms with Crippen LogP contribution in [0.2, 0.25) is 0 Å². The van der Waals surface area contributed by atoms with Crippen LogP contribution in [0.5, 0.6) is 0 Å². The van der Waals surface area contributed by atoms with Crippen molar-refractivity contribution in [1.29, 1.82) is 0 Å². The smallest absolute Gasteiger partial charge is 0.334 e. The molecule has 0 aliphatic carbocycles. The fourth-order valence-corrected chi connectivity index (χ4v) is 2.24. The number of esters is 1. The lowest BCUT2D eigenvalue weighted by molar-refractivity contribution is -0.151. The summed E-state index contributed by atoms with van der Waals surface area (Å²) in [6.45, 7) is 3.76. The van der Waals surface area contributed by atoms with E-state index < -0.39 is 6.10 Å². The monoisotopic (exact) mass is 264 g/mol. The Morgan fingerprint density at radius 3 is 2.84 bits per heavy atom. The van der Waals surface area contributed by atoms with Crippen LogP contribution in [-0.2, 0) is 25.6 Å². The SMILES string of the molecule is COC(=O)C1CC(C)(COCc2ccccc2)CO1. The Labute approximate surface area is 113 Å². The molecular formula is C15H20O4. The van der Waals surface area contributed by atoms with Crippen LogP contribution in [0.15, 0.2) is 30.3 Å². The minimum absolute atomic E-state index is 0.117. The second-order valence-electron chi connectivity index (χ2n) is 5.32. The standard InChI is InChI=1S/C15H20O4/c1-15(8-13(19-11-15)14(16)17-2)10-18-9-12-6-4-3-5-7-12/h3-7,13H,8-11H2,1-2H3. The molecule has 19 heavy (non-hydrogen) atoms. The van der Waals surface area contributed by atoms with Gasteiger partial charge < -0.3 is 14.2 Å². The molecule has 0 bridgehead atoms. The lowest BCUT2D eigenvalue weighted by Gasteiger charge is -2.21.